The Hall–Kier alpha value is -2.54. The third-order valence-electron chi connectivity index (χ3n) is 5.54. The number of carbonyl (C=O) groups excluding carboxylic acids is 2. The largest absolute Gasteiger partial charge is 0.497 e. The summed E-state index contributed by atoms with van der Waals surface area (Å²) in [6.07, 6.45) is 0.923. The molecule has 1 aliphatic rings. The van der Waals surface area contributed by atoms with Crippen molar-refractivity contribution in [1.29, 1.82) is 0 Å². The van der Waals surface area contributed by atoms with Gasteiger partial charge in [0.2, 0.25) is 5.91 Å². The zero-order chi connectivity index (χ0) is 21.7. The van der Waals surface area contributed by atoms with Gasteiger partial charge in [0, 0.05) is 37.2 Å². The number of likely N-dealkylation sites (tertiary alicyclic amines) is 1. The third-order valence-corrected chi connectivity index (χ3v) is 6.39. The van der Waals surface area contributed by atoms with Gasteiger partial charge in [-0.3, -0.25) is 9.59 Å². The molecule has 162 valence electrons. The molecule has 30 heavy (non-hydrogen) atoms. The highest BCUT2D eigenvalue weighted by molar-refractivity contribution is 7.12. The van der Waals surface area contributed by atoms with Crippen molar-refractivity contribution >= 4 is 23.2 Å². The number of hydrogen-bond acceptors (Lipinski definition) is 5. The van der Waals surface area contributed by atoms with E-state index in [0.29, 0.717) is 41.9 Å². The number of amides is 2. The van der Waals surface area contributed by atoms with Crippen LogP contribution < -0.4 is 14.8 Å². The van der Waals surface area contributed by atoms with Crippen LogP contribution >= 0.6 is 11.3 Å². The van der Waals surface area contributed by atoms with Crippen LogP contribution in [0.1, 0.15) is 41.4 Å². The molecule has 1 aromatic heterocycles. The van der Waals surface area contributed by atoms with Crippen LogP contribution in [0.15, 0.2) is 35.7 Å². The maximum atomic E-state index is 13.1. The van der Waals surface area contributed by atoms with Gasteiger partial charge >= 0.3 is 0 Å². The van der Waals surface area contributed by atoms with Crippen LogP contribution in [0.25, 0.3) is 0 Å². The van der Waals surface area contributed by atoms with Gasteiger partial charge in [-0.25, -0.2) is 0 Å². The van der Waals surface area contributed by atoms with Crippen molar-refractivity contribution in [3.05, 3.63) is 46.2 Å². The normalized spacial score (nSPS) is 18.5. The zero-order valence-corrected chi connectivity index (χ0v) is 18.8. The number of thiophene rings is 1. The molecule has 3 rings (SSSR count). The van der Waals surface area contributed by atoms with Gasteiger partial charge in [-0.15, -0.1) is 11.3 Å². The van der Waals surface area contributed by atoms with E-state index in [9.17, 15) is 9.59 Å². The molecule has 2 amide bonds. The van der Waals surface area contributed by atoms with Gasteiger partial charge in [0.05, 0.1) is 25.0 Å². The van der Waals surface area contributed by atoms with Crippen molar-refractivity contribution in [1.82, 2.24) is 10.2 Å². The molecular weight excluding hydrogens is 400 g/mol. The molecule has 0 bridgehead atoms. The summed E-state index contributed by atoms with van der Waals surface area (Å²) in [6, 6.07) is 9.33. The molecule has 2 atom stereocenters. The van der Waals surface area contributed by atoms with Crippen molar-refractivity contribution in [3.8, 4) is 11.5 Å². The summed E-state index contributed by atoms with van der Waals surface area (Å²) in [5.41, 5.74) is 0.920. The van der Waals surface area contributed by atoms with Crippen LogP contribution in [0, 0.1) is 11.8 Å². The van der Waals surface area contributed by atoms with Crippen LogP contribution in [0.5, 0.6) is 11.5 Å². The molecule has 2 aromatic rings. The average molecular weight is 431 g/mol. The van der Waals surface area contributed by atoms with E-state index in [0.717, 1.165) is 12.0 Å². The smallest absolute Gasteiger partial charge is 0.263 e. The van der Waals surface area contributed by atoms with E-state index in [-0.39, 0.29) is 23.7 Å². The number of methoxy groups -OCH3 is 2. The molecule has 0 saturated carbocycles. The predicted octanol–water partition coefficient (Wildman–Crippen LogP) is 3.78. The SMILES string of the molecule is COc1ccc([C@@H]2CN(C(=O)c3cccs3)C[C@H]2C(=O)NCCC(C)C)c(OC)c1. The number of carbonyl (C=O) groups is 2. The Balaban J connectivity index is 1.86. The van der Waals surface area contributed by atoms with Crippen molar-refractivity contribution in [3.63, 3.8) is 0 Å². The highest BCUT2D eigenvalue weighted by Gasteiger charge is 2.41. The molecule has 7 heteroatoms. The van der Waals surface area contributed by atoms with E-state index < -0.39 is 0 Å². The molecule has 0 unspecified atom stereocenters. The molecule has 0 radical (unpaired) electrons. The van der Waals surface area contributed by atoms with E-state index in [1.807, 2.05) is 35.7 Å². The lowest BCUT2D eigenvalue weighted by Crippen LogP contribution is -2.36. The third kappa shape index (κ3) is 4.95. The summed E-state index contributed by atoms with van der Waals surface area (Å²) >= 11 is 1.42. The Morgan fingerprint density at radius 3 is 2.63 bits per heavy atom. The summed E-state index contributed by atoms with van der Waals surface area (Å²) in [5.74, 6) is 1.36. The molecule has 0 aliphatic carbocycles. The maximum absolute atomic E-state index is 13.1. The minimum absolute atomic E-state index is 0.0139. The Morgan fingerprint density at radius 1 is 1.20 bits per heavy atom. The fourth-order valence-electron chi connectivity index (χ4n) is 3.85. The van der Waals surface area contributed by atoms with Gasteiger partial charge in [-0.1, -0.05) is 26.0 Å². The molecule has 0 spiro atoms. The van der Waals surface area contributed by atoms with Gasteiger partial charge in [0.25, 0.3) is 5.91 Å². The maximum Gasteiger partial charge on any atom is 0.263 e. The van der Waals surface area contributed by atoms with E-state index in [1.54, 1.807) is 19.1 Å². The minimum Gasteiger partial charge on any atom is -0.497 e. The van der Waals surface area contributed by atoms with Gasteiger partial charge in [0.1, 0.15) is 11.5 Å². The molecule has 6 nitrogen and oxygen atoms in total. The van der Waals surface area contributed by atoms with Crippen LogP contribution in [0.3, 0.4) is 0 Å². The van der Waals surface area contributed by atoms with Gasteiger partial charge in [-0.2, -0.15) is 0 Å². The fraction of sp³-hybridized carbons (Fsp3) is 0.478. The van der Waals surface area contributed by atoms with Crippen LogP contribution in [-0.2, 0) is 4.79 Å². The summed E-state index contributed by atoms with van der Waals surface area (Å²) in [7, 11) is 3.22. The molecule has 1 aromatic carbocycles. The van der Waals surface area contributed by atoms with Crippen molar-refractivity contribution in [2.75, 3.05) is 33.9 Å². The van der Waals surface area contributed by atoms with Crippen molar-refractivity contribution < 1.29 is 19.1 Å². The number of nitrogens with one attached hydrogen (secondary N) is 1. The lowest BCUT2D eigenvalue weighted by molar-refractivity contribution is -0.124. The second-order valence-corrected chi connectivity index (χ2v) is 8.93. The zero-order valence-electron chi connectivity index (χ0n) is 18.0. The summed E-state index contributed by atoms with van der Waals surface area (Å²) in [4.78, 5) is 28.5. The highest BCUT2D eigenvalue weighted by Crippen LogP contribution is 2.40. The second-order valence-electron chi connectivity index (χ2n) is 7.98. The van der Waals surface area contributed by atoms with Gasteiger partial charge < -0.3 is 19.7 Å². The Kier molecular flexibility index (Phi) is 7.37. The first kappa shape index (κ1) is 22.2. The fourth-order valence-corrected chi connectivity index (χ4v) is 4.54. The first-order valence-corrected chi connectivity index (χ1v) is 11.1. The first-order valence-electron chi connectivity index (χ1n) is 10.3. The number of hydrogen-bond donors (Lipinski definition) is 1. The lowest BCUT2D eigenvalue weighted by atomic mass is 9.87. The molecule has 1 aliphatic heterocycles. The Bertz CT molecular complexity index is 866. The molecule has 1 saturated heterocycles. The van der Waals surface area contributed by atoms with Crippen molar-refractivity contribution in [2.45, 2.75) is 26.2 Å². The van der Waals surface area contributed by atoms with E-state index in [2.05, 4.69) is 19.2 Å². The topological polar surface area (TPSA) is 67.9 Å². The monoisotopic (exact) mass is 430 g/mol. The number of nitrogens with zero attached hydrogens (tertiary/aromatic N) is 1. The Labute approximate surface area is 182 Å². The quantitative estimate of drug-likeness (QED) is 0.692. The van der Waals surface area contributed by atoms with E-state index >= 15 is 0 Å². The molecule has 1 fully saturated rings. The van der Waals surface area contributed by atoms with Crippen molar-refractivity contribution in [2.24, 2.45) is 11.8 Å². The summed E-state index contributed by atoms with van der Waals surface area (Å²) in [6.45, 7) is 5.77. The number of rotatable bonds is 8. The number of ether oxygens (including phenoxy) is 2. The minimum atomic E-state index is -0.330. The van der Waals surface area contributed by atoms with Gasteiger partial charge in [0.15, 0.2) is 0 Å². The first-order chi connectivity index (χ1) is 14.4. The van der Waals surface area contributed by atoms with Crippen LogP contribution in [0.2, 0.25) is 0 Å². The molecule has 1 N–H and O–H groups in total. The highest BCUT2D eigenvalue weighted by atomic mass is 32.1. The predicted molar refractivity (Wildman–Crippen MR) is 118 cm³/mol. The van der Waals surface area contributed by atoms with Gasteiger partial charge in [-0.05, 0) is 29.9 Å². The second kappa shape index (κ2) is 9.98. The lowest BCUT2D eigenvalue weighted by Gasteiger charge is -2.21. The van der Waals surface area contributed by atoms with E-state index in [4.69, 9.17) is 9.47 Å². The van der Waals surface area contributed by atoms with Crippen LogP contribution in [-0.4, -0.2) is 50.6 Å². The summed E-state index contributed by atoms with van der Waals surface area (Å²) < 4.78 is 10.9. The molecule has 2 heterocycles. The Morgan fingerprint density at radius 2 is 2.00 bits per heavy atom. The molecular formula is C23H30N2O4S. The van der Waals surface area contributed by atoms with Crippen LogP contribution in [0.4, 0.5) is 0 Å². The van der Waals surface area contributed by atoms with E-state index in [1.165, 1.54) is 11.3 Å². The number of benzene rings is 1. The summed E-state index contributed by atoms with van der Waals surface area (Å²) in [5, 5.41) is 4.96. The average Bonchev–Trinajstić information content (AvgIpc) is 3.42. The standard InChI is InChI=1S/C23H30N2O4S/c1-15(2)9-10-24-22(26)19-14-25(23(27)21-6-5-11-30-21)13-18(19)17-8-7-16(28-3)12-20(17)29-4/h5-8,11-12,15,18-19H,9-10,13-14H2,1-4H3,(H,24,26)/t18-,19+/m0/s1.